The van der Waals surface area contributed by atoms with Crippen molar-refractivity contribution in [3.05, 3.63) is 53.6 Å². The fourth-order valence-corrected chi connectivity index (χ4v) is 3.81. The van der Waals surface area contributed by atoms with Crippen molar-refractivity contribution >= 4 is 27.5 Å². The average Bonchev–Trinajstić information content (AvgIpc) is 2.73. The summed E-state index contributed by atoms with van der Waals surface area (Å²) in [5.74, 6) is -0.654. The molecule has 0 aromatic heterocycles. The number of hydrogen-bond acceptors (Lipinski definition) is 6. The van der Waals surface area contributed by atoms with Gasteiger partial charge in [0.2, 0.25) is 0 Å². The Kier molecular flexibility index (Phi) is 8.40. The van der Waals surface area contributed by atoms with E-state index in [-0.39, 0.29) is 40.0 Å². The van der Waals surface area contributed by atoms with Gasteiger partial charge in [-0.25, -0.2) is 8.42 Å². The van der Waals surface area contributed by atoms with E-state index in [2.05, 4.69) is 15.4 Å². The molecular weight excluding hydrogens is 422 g/mol. The Balaban J connectivity index is 2.35. The van der Waals surface area contributed by atoms with E-state index in [1.807, 2.05) is 0 Å². The number of para-hydroxylation sites is 1. The van der Waals surface area contributed by atoms with Crippen LogP contribution in [-0.4, -0.2) is 53.6 Å². The molecule has 0 aliphatic heterocycles. The molecule has 31 heavy (non-hydrogen) atoms. The summed E-state index contributed by atoms with van der Waals surface area (Å²) in [5.41, 5.74) is 0.361. The second-order valence-electron chi connectivity index (χ2n) is 6.89. The van der Waals surface area contributed by atoms with Crippen molar-refractivity contribution in [3.8, 4) is 5.75 Å². The highest BCUT2D eigenvalue weighted by Gasteiger charge is 2.22. The maximum atomic E-state index is 13.0. The quantitative estimate of drug-likeness (QED) is 0.477. The van der Waals surface area contributed by atoms with Gasteiger partial charge in [-0.05, 0) is 44.2 Å². The largest absolute Gasteiger partial charge is 0.496 e. The number of ether oxygens (including phenoxy) is 2. The Hall–Kier alpha value is -3.11. The van der Waals surface area contributed by atoms with Crippen molar-refractivity contribution < 1.29 is 27.5 Å². The molecule has 2 aromatic carbocycles. The first-order valence-electron chi connectivity index (χ1n) is 9.57. The van der Waals surface area contributed by atoms with E-state index in [1.165, 1.54) is 44.6 Å². The Bertz CT molecular complexity index is 1040. The Morgan fingerprint density at radius 2 is 1.71 bits per heavy atom. The van der Waals surface area contributed by atoms with Crippen LogP contribution >= 0.6 is 0 Å². The van der Waals surface area contributed by atoms with E-state index in [0.717, 1.165) is 0 Å². The summed E-state index contributed by atoms with van der Waals surface area (Å²) < 4.78 is 38.5. The van der Waals surface area contributed by atoms with E-state index in [9.17, 15) is 18.0 Å². The number of carbonyl (C=O) groups is 2. The van der Waals surface area contributed by atoms with Crippen molar-refractivity contribution in [2.45, 2.75) is 24.8 Å². The fraction of sp³-hybridized carbons (Fsp3) is 0.333. The lowest BCUT2D eigenvalue weighted by Crippen LogP contribution is -2.30. The summed E-state index contributed by atoms with van der Waals surface area (Å²) in [6, 6.07) is 10.1. The minimum atomic E-state index is -4.09. The van der Waals surface area contributed by atoms with Crippen LogP contribution in [0.1, 0.15) is 34.6 Å². The van der Waals surface area contributed by atoms with E-state index in [4.69, 9.17) is 9.47 Å². The van der Waals surface area contributed by atoms with E-state index >= 15 is 0 Å². The molecule has 0 aliphatic rings. The minimum absolute atomic E-state index is 0.0877. The van der Waals surface area contributed by atoms with Gasteiger partial charge in [0.05, 0.1) is 35.4 Å². The molecule has 0 radical (unpaired) electrons. The molecule has 0 fully saturated rings. The summed E-state index contributed by atoms with van der Waals surface area (Å²) in [4.78, 5) is 24.8. The van der Waals surface area contributed by atoms with Gasteiger partial charge in [0.1, 0.15) is 5.75 Å². The highest BCUT2D eigenvalue weighted by molar-refractivity contribution is 7.92. The summed E-state index contributed by atoms with van der Waals surface area (Å²) in [7, 11) is -1.19. The molecule has 0 spiro atoms. The van der Waals surface area contributed by atoms with Crippen molar-refractivity contribution in [1.82, 2.24) is 10.6 Å². The first-order chi connectivity index (χ1) is 14.7. The monoisotopic (exact) mass is 449 g/mol. The van der Waals surface area contributed by atoms with Crippen LogP contribution in [0.3, 0.4) is 0 Å². The van der Waals surface area contributed by atoms with Gasteiger partial charge in [0, 0.05) is 19.7 Å². The number of sulfonamides is 1. The predicted molar refractivity (Wildman–Crippen MR) is 117 cm³/mol. The molecule has 10 heteroatoms. The van der Waals surface area contributed by atoms with Gasteiger partial charge in [-0.3, -0.25) is 14.3 Å². The number of hydrogen-bond donors (Lipinski definition) is 3. The Labute approximate surface area is 182 Å². The van der Waals surface area contributed by atoms with Crippen LogP contribution in [0.25, 0.3) is 0 Å². The lowest BCUT2D eigenvalue weighted by Gasteiger charge is -2.15. The molecule has 9 nitrogen and oxygen atoms in total. The zero-order valence-electron chi connectivity index (χ0n) is 17.9. The molecule has 2 aromatic rings. The van der Waals surface area contributed by atoms with Crippen LogP contribution in [0.15, 0.2) is 47.4 Å². The summed E-state index contributed by atoms with van der Waals surface area (Å²) in [6.07, 6.45) is 0. The Morgan fingerprint density at radius 1 is 1.00 bits per heavy atom. The highest BCUT2D eigenvalue weighted by Crippen LogP contribution is 2.25. The van der Waals surface area contributed by atoms with Gasteiger partial charge in [-0.1, -0.05) is 12.1 Å². The first kappa shape index (κ1) is 24.2. The van der Waals surface area contributed by atoms with Crippen LogP contribution in [0.4, 0.5) is 5.69 Å². The maximum absolute atomic E-state index is 13.0. The van der Waals surface area contributed by atoms with Gasteiger partial charge in [0.25, 0.3) is 21.8 Å². The van der Waals surface area contributed by atoms with Gasteiger partial charge >= 0.3 is 0 Å². The van der Waals surface area contributed by atoms with Gasteiger partial charge < -0.3 is 20.1 Å². The molecule has 168 valence electrons. The standard InChI is InChI=1S/C21H27N3O6S/c1-14(2)23-21(26)17-13-15(9-10-19(17)30-4)31(27,28)24-18-8-6-5-7-16(18)20(25)22-11-12-29-3/h5-10,13-14,24H,11-12H2,1-4H3,(H,22,25)(H,23,26). The molecule has 2 rings (SSSR count). The van der Waals surface area contributed by atoms with Crippen LogP contribution in [0.2, 0.25) is 0 Å². The molecule has 3 N–H and O–H groups in total. The summed E-state index contributed by atoms with van der Waals surface area (Å²) in [5, 5.41) is 5.37. The second kappa shape index (κ2) is 10.8. The van der Waals surface area contributed by atoms with Crippen LogP contribution in [-0.2, 0) is 14.8 Å². The van der Waals surface area contributed by atoms with Crippen LogP contribution < -0.4 is 20.1 Å². The normalized spacial score (nSPS) is 11.1. The summed E-state index contributed by atoms with van der Waals surface area (Å²) in [6.45, 7) is 4.19. The van der Waals surface area contributed by atoms with Crippen LogP contribution in [0, 0.1) is 0 Å². The van der Waals surface area contributed by atoms with E-state index in [1.54, 1.807) is 26.0 Å². The number of benzene rings is 2. The first-order valence-corrected chi connectivity index (χ1v) is 11.1. The topological polar surface area (TPSA) is 123 Å². The molecule has 2 amide bonds. The number of rotatable bonds is 10. The third kappa shape index (κ3) is 6.43. The molecule has 0 saturated carbocycles. The zero-order valence-corrected chi connectivity index (χ0v) is 18.7. The van der Waals surface area contributed by atoms with Gasteiger partial charge in [-0.2, -0.15) is 0 Å². The molecule has 0 aliphatic carbocycles. The van der Waals surface area contributed by atoms with Gasteiger partial charge in [-0.15, -0.1) is 0 Å². The third-order valence-electron chi connectivity index (χ3n) is 4.15. The van der Waals surface area contributed by atoms with Crippen molar-refractivity contribution in [3.63, 3.8) is 0 Å². The summed E-state index contributed by atoms with van der Waals surface area (Å²) >= 11 is 0. The number of amides is 2. The second-order valence-corrected chi connectivity index (χ2v) is 8.57. The molecule has 0 bridgehead atoms. The third-order valence-corrected chi connectivity index (χ3v) is 5.52. The lowest BCUT2D eigenvalue weighted by atomic mass is 10.1. The number of anilines is 1. The highest BCUT2D eigenvalue weighted by atomic mass is 32.2. The average molecular weight is 450 g/mol. The van der Waals surface area contributed by atoms with Crippen molar-refractivity contribution in [2.75, 3.05) is 32.1 Å². The smallest absolute Gasteiger partial charge is 0.261 e. The maximum Gasteiger partial charge on any atom is 0.261 e. The number of nitrogens with one attached hydrogen (secondary N) is 3. The van der Waals surface area contributed by atoms with E-state index < -0.39 is 21.8 Å². The van der Waals surface area contributed by atoms with Crippen molar-refractivity contribution in [2.24, 2.45) is 0 Å². The number of methoxy groups -OCH3 is 2. The molecule has 0 heterocycles. The molecular formula is C21H27N3O6S. The molecule has 0 saturated heterocycles. The molecule has 0 unspecified atom stereocenters. The molecule has 0 atom stereocenters. The fourth-order valence-electron chi connectivity index (χ4n) is 2.71. The lowest BCUT2D eigenvalue weighted by molar-refractivity contribution is 0.0930. The number of carbonyl (C=O) groups excluding carboxylic acids is 2. The van der Waals surface area contributed by atoms with E-state index in [0.29, 0.717) is 6.61 Å². The van der Waals surface area contributed by atoms with Gasteiger partial charge in [0.15, 0.2) is 0 Å². The zero-order chi connectivity index (χ0) is 23.0. The van der Waals surface area contributed by atoms with Crippen LogP contribution in [0.5, 0.6) is 5.75 Å². The Morgan fingerprint density at radius 3 is 2.35 bits per heavy atom. The minimum Gasteiger partial charge on any atom is -0.496 e. The predicted octanol–water partition coefficient (Wildman–Crippen LogP) is 2.01. The van der Waals surface area contributed by atoms with Crippen molar-refractivity contribution in [1.29, 1.82) is 0 Å². The SMILES string of the molecule is COCCNC(=O)c1ccccc1NS(=O)(=O)c1ccc(OC)c(C(=O)NC(C)C)c1.